The van der Waals surface area contributed by atoms with E-state index in [1.807, 2.05) is 129 Å². The van der Waals surface area contributed by atoms with Gasteiger partial charge in [0, 0.05) is 76.3 Å². The van der Waals surface area contributed by atoms with Crippen molar-refractivity contribution >= 4 is 90.6 Å². The molecule has 0 atom stereocenters. The number of nitrogens with two attached hydrogens (primary N) is 1. The largest absolute Gasteiger partial charge is 0.454 e. The number of aliphatic imine (C=N–C) groups is 1. The zero-order valence-electron chi connectivity index (χ0n) is 39.4. The third kappa shape index (κ3) is 8.62. The number of carbonyl (C=O) groups excluding carboxylic acids is 5. The SMILES string of the molecule is CN(C)CCN1C(=O)c2cccc3cc4c(N)cccc4c(c23)C1=O.CN(C)CCN1C(=O)c2cccc3cc4c(N=Cc5ccc6c(c5)OCO6)cccc4c(c23)C1=O.O=Cc1ccc2c(c1)OCO2. The highest BCUT2D eigenvalue weighted by molar-refractivity contribution is 6.32. The molecule has 15 nitrogen and oxygen atoms in total. The highest BCUT2D eigenvalue weighted by Gasteiger charge is 2.36. The Morgan fingerprint density at radius 1 is 0.535 bits per heavy atom. The summed E-state index contributed by atoms with van der Waals surface area (Å²) in [5.41, 5.74) is 11.3. The van der Waals surface area contributed by atoms with Crippen LogP contribution in [0.4, 0.5) is 11.4 Å². The number of ether oxygens (including phenoxy) is 4. The fraction of sp³-hybridized carbons (Fsp3) is 0.179. The Morgan fingerprint density at radius 2 is 1.01 bits per heavy atom. The zero-order chi connectivity index (χ0) is 49.5. The van der Waals surface area contributed by atoms with Gasteiger partial charge in [-0.15, -0.1) is 0 Å². The Labute approximate surface area is 408 Å². The summed E-state index contributed by atoms with van der Waals surface area (Å²) in [4.78, 5) is 74.6. The van der Waals surface area contributed by atoms with E-state index in [-0.39, 0.29) is 37.2 Å². The molecule has 8 aromatic rings. The van der Waals surface area contributed by atoms with Crippen molar-refractivity contribution in [3.63, 3.8) is 0 Å². The molecule has 0 saturated heterocycles. The minimum atomic E-state index is -0.261. The van der Waals surface area contributed by atoms with Crippen molar-refractivity contribution in [2.24, 2.45) is 4.99 Å². The Morgan fingerprint density at radius 3 is 1.56 bits per heavy atom. The second-order valence-electron chi connectivity index (χ2n) is 17.9. The van der Waals surface area contributed by atoms with E-state index in [0.717, 1.165) is 61.0 Å². The van der Waals surface area contributed by atoms with Gasteiger partial charge in [-0.05, 0) is 128 Å². The van der Waals surface area contributed by atoms with Crippen LogP contribution >= 0.6 is 0 Å². The summed E-state index contributed by atoms with van der Waals surface area (Å²) in [6.45, 7) is 2.38. The maximum Gasteiger partial charge on any atom is 0.262 e. The number of nitrogens with zero attached hydrogens (tertiary/aromatic N) is 5. The number of amides is 4. The highest BCUT2D eigenvalue weighted by atomic mass is 16.7. The van der Waals surface area contributed by atoms with Crippen molar-refractivity contribution in [1.82, 2.24) is 19.6 Å². The van der Waals surface area contributed by atoms with E-state index in [2.05, 4.69) is 0 Å². The minimum Gasteiger partial charge on any atom is -0.454 e. The number of fused-ring (bicyclic) bond motifs is 6. The quantitative estimate of drug-likeness (QED) is 0.0481. The van der Waals surface area contributed by atoms with E-state index in [9.17, 15) is 24.0 Å². The molecule has 0 unspecified atom stereocenters. The fourth-order valence-electron chi connectivity index (χ4n) is 9.19. The van der Waals surface area contributed by atoms with Gasteiger partial charge in [0.2, 0.25) is 13.6 Å². The van der Waals surface area contributed by atoms with Crippen molar-refractivity contribution in [2.75, 3.05) is 73.7 Å². The van der Waals surface area contributed by atoms with E-state index in [4.69, 9.17) is 29.7 Å². The number of aldehydes is 1. The van der Waals surface area contributed by atoms with Gasteiger partial charge in [0.15, 0.2) is 23.0 Å². The Bertz CT molecular complexity index is 3550. The lowest BCUT2D eigenvalue weighted by Gasteiger charge is -2.29. The number of anilines is 1. The number of imide groups is 2. The first kappa shape index (κ1) is 46.1. The number of benzene rings is 8. The monoisotopic (exact) mass is 948 g/mol. The Kier molecular flexibility index (Phi) is 12.4. The molecule has 4 aliphatic heterocycles. The first-order valence-corrected chi connectivity index (χ1v) is 22.9. The normalized spacial score (nSPS) is 14.3. The highest BCUT2D eigenvalue weighted by Crippen LogP contribution is 2.41. The molecular formula is C56H48N6O9. The van der Waals surface area contributed by atoms with E-state index in [1.54, 1.807) is 36.5 Å². The maximum atomic E-state index is 13.7. The fourth-order valence-corrected chi connectivity index (χ4v) is 9.19. The third-order valence-corrected chi connectivity index (χ3v) is 12.7. The molecule has 0 spiro atoms. The van der Waals surface area contributed by atoms with Gasteiger partial charge < -0.3 is 34.5 Å². The summed E-state index contributed by atoms with van der Waals surface area (Å²) >= 11 is 0. The first-order valence-electron chi connectivity index (χ1n) is 22.9. The Hall–Kier alpha value is -8.66. The Balaban J connectivity index is 0.000000140. The number of hydrogen-bond donors (Lipinski definition) is 1. The summed E-state index contributed by atoms with van der Waals surface area (Å²) in [5.74, 6) is 1.79. The van der Waals surface area contributed by atoms with Gasteiger partial charge in [0.05, 0.1) is 16.8 Å². The van der Waals surface area contributed by atoms with Crippen LogP contribution in [-0.2, 0) is 0 Å². The molecule has 0 bridgehead atoms. The predicted octanol–water partition coefficient (Wildman–Crippen LogP) is 8.59. The maximum absolute atomic E-state index is 13.7. The molecule has 4 heterocycles. The van der Waals surface area contributed by atoms with Gasteiger partial charge in [0.1, 0.15) is 6.29 Å². The molecule has 0 aromatic heterocycles. The molecule has 71 heavy (non-hydrogen) atoms. The molecule has 0 fully saturated rings. The molecule has 12 rings (SSSR count). The van der Waals surface area contributed by atoms with Crippen LogP contribution in [0.25, 0.3) is 43.1 Å². The van der Waals surface area contributed by atoms with Crippen molar-refractivity contribution in [2.45, 2.75) is 0 Å². The summed E-state index contributed by atoms with van der Waals surface area (Å²) in [5, 5.41) is 6.46. The number of carbonyl (C=O) groups is 5. The van der Waals surface area contributed by atoms with Gasteiger partial charge in [-0.2, -0.15) is 0 Å². The molecule has 2 N–H and O–H groups in total. The van der Waals surface area contributed by atoms with Crippen LogP contribution in [0.1, 0.15) is 57.4 Å². The standard InChI is InChI=1S/C28H23N3O4.C20H19N3O2.C8H6O3/c1-30(2)11-12-31-27(32)20-7-3-5-18-14-21-19(26(25(18)20)28(31)33)6-4-8-22(21)29-15-17-9-10-23-24(13-17)35-16-34-23;1-22(2)9-10-23-19(24)14-7-3-5-12-11-15-13(6-4-8-16(15)21)18(17(12)14)20(23)25;9-4-6-1-2-7-8(3-6)11-5-10-7/h3-10,13-15H,11-12,16H2,1-2H3;3-8,11H,9-10,21H2,1-2H3;1-4H,5H2. The predicted molar refractivity (Wildman–Crippen MR) is 273 cm³/mol. The van der Waals surface area contributed by atoms with Gasteiger partial charge in [-0.3, -0.25) is 38.8 Å². The average molecular weight is 949 g/mol. The lowest BCUT2D eigenvalue weighted by Crippen LogP contribution is -2.43. The van der Waals surface area contributed by atoms with E-state index >= 15 is 0 Å². The lowest BCUT2D eigenvalue weighted by atomic mass is 9.89. The molecule has 356 valence electrons. The molecular weight excluding hydrogens is 901 g/mol. The van der Waals surface area contributed by atoms with Crippen LogP contribution in [0.3, 0.4) is 0 Å². The number of likely N-dealkylation sites (N-methyl/N-ethyl adjacent to an activating group) is 2. The molecule has 15 heteroatoms. The van der Waals surface area contributed by atoms with Crippen molar-refractivity contribution in [3.05, 3.63) is 155 Å². The second-order valence-corrected chi connectivity index (χ2v) is 17.9. The van der Waals surface area contributed by atoms with Crippen LogP contribution in [0, 0.1) is 0 Å². The zero-order valence-corrected chi connectivity index (χ0v) is 39.4. The van der Waals surface area contributed by atoms with Gasteiger partial charge in [-0.25, -0.2) is 0 Å². The number of rotatable bonds is 9. The van der Waals surface area contributed by atoms with Crippen LogP contribution < -0.4 is 24.7 Å². The van der Waals surface area contributed by atoms with Crippen LogP contribution in [0.15, 0.2) is 126 Å². The minimum absolute atomic E-state index is 0.221. The van der Waals surface area contributed by atoms with Gasteiger partial charge >= 0.3 is 0 Å². The van der Waals surface area contributed by atoms with E-state index in [0.29, 0.717) is 82.3 Å². The molecule has 4 amide bonds. The van der Waals surface area contributed by atoms with E-state index in [1.165, 1.54) is 9.80 Å². The number of nitrogen functional groups attached to an aromatic ring is 1. The topological polar surface area (TPSA) is 174 Å². The van der Waals surface area contributed by atoms with Crippen LogP contribution in [0.5, 0.6) is 23.0 Å². The molecule has 8 aromatic carbocycles. The van der Waals surface area contributed by atoms with Crippen molar-refractivity contribution in [3.8, 4) is 23.0 Å². The molecule has 0 aliphatic carbocycles. The third-order valence-electron chi connectivity index (χ3n) is 12.7. The van der Waals surface area contributed by atoms with Gasteiger partial charge in [-0.1, -0.05) is 48.5 Å². The summed E-state index contributed by atoms with van der Waals surface area (Å²) < 4.78 is 21.0. The summed E-state index contributed by atoms with van der Waals surface area (Å²) in [6.07, 6.45) is 2.56. The molecule has 0 saturated carbocycles. The van der Waals surface area contributed by atoms with E-state index < -0.39 is 0 Å². The smallest absolute Gasteiger partial charge is 0.262 e. The second kappa shape index (κ2) is 19.0. The molecule has 4 aliphatic rings. The lowest BCUT2D eigenvalue weighted by molar-refractivity contribution is 0.0587. The van der Waals surface area contributed by atoms with Crippen LogP contribution in [0.2, 0.25) is 0 Å². The van der Waals surface area contributed by atoms with Gasteiger partial charge in [0.25, 0.3) is 23.6 Å². The summed E-state index contributed by atoms with van der Waals surface area (Å²) in [6, 6.07) is 37.2. The summed E-state index contributed by atoms with van der Waals surface area (Å²) in [7, 11) is 7.69. The number of hydrogen-bond acceptors (Lipinski definition) is 13. The van der Waals surface area contributed by atoms with Crippen LogP contribution in [-0.4, -0.2) is 124 Å². The average Bonchev–Trinajstić information content (AvgIpc) is 4.05. The molecule has 0 radical (unpaired) electrons. The van der Waals surface area contributed by atoms with Crippen molar-refractivity contribution in [1.29, 1.82) is 0 Å². The van der Waals surface area contributed by atoms with Crippen molar-refractivity contribution < 1.29 is 42.9 Å². The first-order chi connectivity index (χ1) is 34.4.